The van der Waals surface area contributed by atoms with E-state index in [4.69, 9.17) is 0 Å². The van der Waals surface area contributed by atoms with Crippen molar-refractivity contribution in [1.82, 2.24) is 9.47 Å². The van der Waals surface area contributed by atoms with Crippen molar-refractivity contribution in [3.8, 4) is 5.75 Å². The van der Waals surface area contributed by atoms with Crippen LogP contribution in [0.5, 0.6) is 5.75 Å². The summed E-state index contributed by atoms with van der Waals surface area (Å²) in [7, 11) is 4.13. The molecule has 0 atom stereocenters. The highest BCUT2D eigenvalue weighted by molar-refractivity contribution is 5.82. The molecule has 0 spiro atoms. The lowest BCUT2D eigenvalue weighted by Gasteiger charge is -2.12. The van der Waals surface area contributed by atoms with E-state index in [-0.39, 0.29) is 0 Å². The number of rotatable bonds is 3. The Labute approximate surface area is 95.9 Å². The zero-order chi connectivity index (χ0) is 11.7. The maximum absolute atomic E-state index is 9.52. The van der Waals surface area contributed by atoms with Gasteiger partial charge < -0.3 is 14.6 Å². The first-order valence-corrected chi connectivity index (χ1v) is 5.57. The minimum Gasteiger partial charge on any atom is -0.508 e. The van der Waals surface area contributed by atoms with Crippen LogP contribution in [0.2, 0.25) is 0 Å². The first-order chi connectivity index (χ1) is 7.61. The third-order valence-electron chi connectivity index (χ3n) is 2.77. The number of aromatic hydroxyl groups is 1. The lowest BCUT2D eigenvalue weighted by atomic mass is 10.2. The second-order valence-electron chi connectivity index (χ2n) is 4.36. The van der Waals surface area contributed by atoms with Crippen LogP contribution in [0.15, 0.2) is 24.3 Å². The number of nitrogens with zero attached hydrogens (tertiary/aromatic N) is 2. The fraction of sp³-hybridized carbons (Fsp3) is 0.385. The Hall–Kier alpha value is -1.48. The van der Waals surface area contributed by atoms with Crippen molar-refractivity contribution in [1.29, 1.82) is 0 Å². The topological polar surface area (TPSA) is 28.4 Å². The van der Waals surface area contributed by atoms with E-state index in [9.17, 15) is 5.11 Å². The highest BCUT2D eigenvalue weighted by atomic mass is 16.3. The molecule has 1 heterocycles. The van der Waals surface area contributed by atoms with Crippen LogP contribution >= 0.6 is 0 Å². The number of hydrogen-bond acceptors (Lipinski definition) is 2. The smallest absolute Gasteiger partial charge is 0.117 e. The SMILES string of the molecule is CCn1c(CN(C)C)cc2ccc(O)cc21. The molecule has 0 unspecified atom stereocenters. The molecule has 1 aromatic carbocycles. The molecule has 1 N–H and O–H groups in total. The summed E-state index contributed by atoms with van der Waals surface area (Å²) in [5, 5.41) is 10.7. The van der Waals surface area contributed by atoms with Crippen LogP contribution in [0.3, 0.4) is 0 Å². The average molecular weight is 218 g/mol. The van der Waals surface area contributed by atoms with Gasteiger partial charge in [0.25, 0.3) is 0 Å². The zero-order valence-corrected chi connectivity index (χ0v) is 10.1. The Bertz CT molecular complexity index is 500. The van der Waals surface area contributed by atoms with Crippen LogP contribution in [0.4, 0.5) is 0 Å². The number of aryl methyl sites for hydroxylation is 1. The van der Waals surface area contributed by atoms with Gasteiger partial charge >= 0.3 is 0 Å². The second kappa shape index (κ2) is 4.18. The van der Waals surface area contributed by atoms with Gasteiger partial charge in [-0.3, -0.25) is 0 Å². The van der Waals surface area contributed by atoms with E-state index < -0.39 is 0 Å². The standard InChI is InChI=1S/C13H18N2O/c1-4-15-11(9-14(2)3)7-10-5-6-12(16)8-13(10)15/h5-8,16H,4,9H2,1-3H3. The molecule has 0 radical (unpaired) electrons. The van der Waals surface area contributed by atoms with Crippen molar-refractivity contribution in [2.45, 2.75) is 20.0 Å². The Balaban J connectivity index is 2.57. The van der Waals surface area contributed by atoms with Crippen LogP contribution in [0.1, 0.15) is 12.6 Å². The molecule has 2 rings (SSSR count). The molecule has 0 fully saturated rings. The van der Waals surface area contributed by atoms with Crippen molar-refractivity contribution in [2.75, 3.05) is 14.1 Å². The third-order valence-corrected chi connectivity index (χ3v) is 2.77. The van der Waals surface area contributed by atoms with Gasteiger partial charge in [-0.05, 0) is 39.2 Å². The molecule has 86 valence electrons. The zero-order valence-electron chi connectivity index (χ0n) is 10.1. The molecule has 0 aliphatic heterocycles. The molecule has 3 heteroatoms. The van der Waals surface area contributed by atoms with Gasteiger partial charge in [-0.2, -0.15) is 0 Å². The molecule has 0 saturated carbocycles. The van der Waals surface area contributed by atoms with Crippen molar-refractivity contribution >= 4 is 10.9 Å². The second-order valence-corrected chi connectivity index (χ2v) is 4.36. The van der Waals surface area contributed by atoms with Crippen molar-refractivity contribution in [3.05, 3.63) is 30.0 Å². The molecule has 0 saturated heterocycles. The first kappa shape index (κ1) is 11.0. The van der Waals surface area contributed by atoms with Gasteiger partial charge in [0.15, 0.2) is 0 Å². The van der Waals surface area contributed by atoms with Gasteiger partial charge in [0.1, 0.15) is 5.75 Å². The van der Waals surface area contributed by atoms with Gasteiger partial charge in [0, 0.05) is 30.2 Å². The Kier molecular flexibility index (Phi) is 2.88. The summed E-state index contributed by atoms with van der Waals surface area (Å²) < 4.78 is 2.25. The fourth-order valence-electron chi connectivity index (χ4n) is 2.13. The summed E-state index contributed by atoms with van der Waals surface area (Å²) in [4.78, 5) is 2.15. The Morgan fingerprint density at radius 2 is 2.00 bits per heavy atom. The van der Waals surface area contributed by atoms with Crippen LogP contribution in [0.25, 0.3) is 10.9 Å². The molecular formula is C13H18N2O. The first-order valence-electron chi connectivity index (χ1n) is 5.57. The van der Waals surface area contributed by atoms with Crippen molar-refractivity contribution in [3.63, 3.8) is 0 Å². The number of phenols is 1. The number of benzene rings is 1. The summed E-state index contributed by atoms with van der Waals surface area (Å²) in [5.74, 6) is 0.330. The van der Waals surface area contributed by atoms with E-state index in [0.717, 1.165) is 18.6 Å². The molecule has 3 nitrogen and oxygen atoms in total. The average Bonchev–Trinajstić information content (AvgIpc) is 2.53. The lowest BCUT2D eigenvalue weighted by molar-refractivity contribution is 0.389. The van der Waals surface area contributed by atoms with Crippen LogP contribution in [-0.2, 0) is 13.1 Å². The van der Waals surface area contributed by atoms with Gasteiger partial charge in [-0.15, -0.1) is 0 Å². The maximum atomic E-state index is 9.52. The van der Waals surface area contributed by atoms with Gasteiger partial charge in [0.05, 0.1) is 5.52 Å². The van der Waals surface area contributed by atoms with E-state index in [1.165, 1.54) is 11.1 Å². The molecule has 1 aromatic heterocycles. The highest BCUT2D eigenvalue weighted by Crippen LogP contribution is 2.24. The third kappa shape index (κ3) is 1.91. The summed E-state index contributed by atoms with van der Waals surface area (Å²) in [6, 6.07) is 7.73. The minimum absolute atomic E-state index is 0.330. The van der Waals surface area contributed by atoms with Crippen LogP contribution in [0, 0.1) is 0 Å². The van der Waals surface area contributed by atoms with E-state index in [1.807, 2.05) is 12.1 Å². The summed E-state index contributed by atoms with van der Waals surface area (Å²) in [5.41, 5.74) is 2.40. The molecule has 0 aliphatic rings. The molecule has 0 amide bonds. The largest absolute Gasteiger partial charge is 0.508 e. The van der Waals surface area contributed by atoms with Crippen LogP contribution < -0.4 is 0 Å². The number of aromatic nitrogens is 1. The normalized spacial score (nSPS) is 11.5. The predicted octanol–water partition coefficient (Wildman–Crippen LogP) is 2.43. The quantitative estimate of drug-likeness (QED) is 0.857. The molecule has 0 aliphatic carbocycles. The van der Waals surface area contributed by atoms with E-state index >= 15 is 0 Å². The molecule has 0 bridgehead atoms. The van der Waals surface area contributed by atoms with Crippen LogP contribution in [-0.4, -0.2) is 28.7 Å². The number of fused-ring (bicyclic) bond motifs is 1. The van der Waals surface area contributed by atoms with Gasteiger partial charge in [0.2, 0.25) is 0 Å². The summed E-state index contributed by atoms with van der Waals surface area (Å²) in [6.45, 7) is 3.97. The molecule has 16 heavy (non-hydrogen) atoms. The maximum Gasteiger partial charge on any atom is 0.117 e. The molecular weight excluding hydrogens is 200 g/mol. The van der Waals surface area contributed by atoms with E-state index in [0.29, 0.717) is 5.75 Å². The summed E-state index contributed by atoms with van der Waals surface area (Å²) >= 11 is 0. The summed E-state index contributed by atoms with van der Waals surface area (Å²) in [6.07, 6.45) is 0. The van der Waals surface area contributed by atoms with Crippen molar-refractivity contribution < 1.29 is 5.11 Å². The van der Waals surface area contributed by atoms with Crippen molar-refractivity contribution in [2.24, 2.45) is 0 Å². The van der Waals surface area contributed by atoms with Gasteiger partial charge in [-0.1, -0.05) is 0 Å². The van der Waals surface area contributed by atoms with E-state index in [2.05, 4.69) is 36.6 Å². The number of phenolic OH excluding ortho intramolecular Hbond substituents is 1. The predicted molar refractivity (Wildman–Crippen MR) is 66.7 cm³/mol. The fourth-order valence-corrected chi connectivity index (χ4v) is 2.13. The Morgan fingerprint density at radius 1 is 1.25 bits per heavy atom. The monoisotopic (exact) mass is 218 g/mol. The lowest BCUT2D eigenvalue weighted by Crippen LogP contribution is -2.14. The number of hydrogen-bond donors (Lipinski definition) is 1. The highest BCUT2D eigenvalue weighted by Gasteiger charge is 2.08. The van der Waals surface area contributed by atoms with E-state index in [1.54, 1.807) is 6.07 Å². The minimum atomic E-state index is 0.330. The van der Waals surface area contributed by atoms with Gasteiger partial charge in [-0.25, -0.2) is 0 Å². The molecule has 2 aromatic rings. The Morgan fingerprint density at radius 3 is 2.62 bits per heavy atom.